The molecule has 1 saturated carbocycles. The SMILES string of the molecule is CC(C)CCN(Cc1ccc(F)c(C(N)=S)c1)C1CC1. The van der Waals surface area contributed by atoms with Crippen molar-refractivity contribution >= 4 is 17.2 Å². The largest absolute Gasteiger partial charge is 0.389 e. The average Bonchev–Trinajstić information content (AvgIpc) is 3.20. The second-order valence-electron chi connectivity index (χ2n) is 6.06. The number of nitrogens with zero attached hydrogens (tertiary/aromatic N) is 1. The molecule has 2 nitrogen and oxygen atoms in total. The van der Waals surface area contributed by atoms with E-state index in [0.29, 0.717) is 17.5 Å². The van der Waals surface area contributed by atoms with Gasteiger partial charge in [0.1, 0.15) is 10.8 Å². The molecule has 0 amide bonds. The normalized spacial score (nSPS) is 15.1. The zero-order chi connectivity index (χ0) is 14.7. The molecule has 0 unspecified atom stereocenters. The number of hydrogen-bond donors (Lipinski definition) is 1. The Hall–Kier alpha value is -1.00. The Balaban J connectivity index is 2.06. The highest BCUT2D eigenvalue weighted by molar-refractivity contribution is 7.80. The molecule has 0 saturated heterocycles. The van der Waals surface area contributed by atoms with Crippen molar-refractivity contribution in [2.45, 2.75) is 45.7 Å². The van der Waals surface area contributed by atoms with Crippen LogP contribution in [0.5, 0.6) is 0 Å². The van der Waals surface area contributed by atoms with Crippen molar-refractivity contribution in [1.82, 2.24) is 4.90 Å². The van der Waals surface area contributed by atoms with E-state index in [1.54, 1.807) is 6.07 Å². The summed E-state index contributed by atoms with van der Waals surface area (Å²) in [6.45, 7) is 6.44. The molecule has 1 aliphatic carbocycles. The Labute approximate surface area is 126 Å². The lowest BCUT2D eigenvalue weighted by atomic mass is 10.1. The maximum atomic E-state index is 13.6. The summed E-state index contributed by atoms with van der Waals surface area (Å²) in [5, 5.41) is 0. The standard InChI is InChI=1S/C16H23FN2S/c1-11(2)7-8-19(13-4-5-13)10-12-3-6-15(17)14(9-12)16(18)20/h3,6,9,11,13H,4-5,7-8,10H2,1-2H3,(H2,18,20). The summed E-state index contributed by atoms with van der Waals surface area (Å²) < 4.78 is 13.6. The van der Waals surface area contributed by atoms with Crippen LogP contribution >= 0.6 is 12.2 Å². The van der Waals surface area contributed by atoms with Gasteiger partial charge in [-0.15, -0.1) is 0 Å². The Morgan fingerprint density at radius 1 is 1.45 bits per heavy atom. The van der Waals surface area contributed by atoms with Crippen molar-refractivity contribution in [2.24, 2.45) is 11.7 Å². The highest BCUT2D eigenvalue weighted by Crippen LogP contribution is 2.29. The highest BCUT2D eigenvalue weighted by Gasteiger charge is 2.28. The summed E-state index contributed by atoms with van der Waals surface area (Å²) in [5.74, 6) is 0.373. The smallest absolute Gasteiger partial charge is 0.133 e. The molecular formula is C16H23FN2S. The summed E-state index contributed by atoms with van der Waals surface area (Å²) in [4.78, 5) is 2.63. The first-order valence-corrected chi connectivity index (χ1v) is 7.70. The molecule has 0 bridgehead atoms. The molecule has 0 aliphatic heterocycles. The van der Waals surface area contributed by atoms with Gasteiger partial charge in [0.15, 0.2) is 0 Å². The van der Waals surface area contributed by atoms with Crippen LogP contribution in [0, 0.1) is 11.7 Å². The minimum absolute atomic E-state index is 0.129. The number of benzene rings is 1. The van der Waals surface area contributed by atoms with Crippen molar-refractivity contribution in [3.8, 4) is 0 Å². The van der Waals surface area contributed by atoms with E-state index < -0.39 is 0 Å². The van der Waals surface area contributed by atoms with E-state index >= 15 is 0 Å². The van der Waals surface area contributed by atoms with Gasteiger partial charge in [0.2, 0.25) is 0 Å². The van der Waals surface area contributed by atoms with Gasteiger partial charge >= 0.3 is 0 Å². The number of rotatable bonds is 7. The number of hydrogen-bond acceptors (Lipinski definition) is 2. The molecule has 1 aliphatic rings. The van der Waals surface area contributed by atoms with Gasteiger partial charge in [-0.25, -0.2) is 4.39 Å². The quantitative estimate of drug-likeness (QED) is 0.781. The fourth-order valence-corrected chi connectivity index (χ4v) is 2.50. The fourth-order valence-electron chi connectivity index (χ4n) is 2.35. The Kier molecular flexibility index (Phi) is 5.11. The molecule has 0 heterocycles. The molecule has 2 rings (SSSR count). The summed E-state index contributed by atoms with van der Waals surface area (Å²) in [6.07, 6.45) is 3.75. The summed E-state index contributed by atoms with van der Waals surface area (Å²) in [5.41, 5.74) is 7.01. The van der Waals surface area contributed by atoms with Crippen molar-refractivity contribution in [2.75, 3.05) is 6.54 Å². The summed E-state index contributed by atoms with van der Waals surface area (Å²) in [6, 6.07) is 5.80. The van der Waals surface area contributed by atoms with E-state index in [2.05, 4.69) is 18.7 Å². The molecule has 0 spiro atoms. The minimum Gasteiger partial charge on any atom is -0.389 e. The van der Waals surface area contributed by atoms with E-state index in [4.69, 9.17) is 18.0 Å². The maximum absolute atomic E-state index is 13.6. The predicted molar refractivity (Wildman–Crippen MR) is 85.2 cm³/mol. The van der Waals surface area contributed by atoms with E-state index in [9.17, 15) is 4.39 Å². The summed E-state index contributed by atoms with van der Waals surface area (Å²) >= 11 is 4.90. The van der Waals surface area contributed by atoms with Crippen molar-refractivity contribution in [3.63, 3.8) is 0 Å². The van der Waals surface area contributed by atoms with Gasteiger partial charge in [-0.2, -0.15) is 0 Å². The number of halogens is 1. The first-order chi connectivity index (χ1) is 9.47. The lowest BCUT2D eigenvalue weighted by Gasteiger charge is -2.23. The average molecular weight is 294 g/mol. The van der Waals surface area contributed by atoms with Crippen LogP contribution in [0.25, 0.3) is 0 Å². The third-order valence-corrected chi connectivity index (χ3v) is 3.96. The van der Waals surface area contributed by atoms with E-state index in [1.165, 1.54) is 25.3 Å². The van der Waals surface area contributed by atoms with Crippen molar-refractivity contribution in [1.29, 1.82) is 0 Å². The number of nitrogens with two attached hydrogens (primary N) is 1. The lowest BCUT2D eigenvalue weighted by Crippen LogP contribution is -2.27. The Morgan fingerprint density at radius 2 is 2.15 bits per heavy atom. The van der Waals surface area contributed by atoms with Gasteiger partial charge in [0, 0.05) is 18.2 Å². The third kappa shape index (κ3) is 4.25. The van der Waals surface area contributed by atoms with Gasteiger partial charge in [-0.05, 0) is 49.4 Å². The third-order valence-electron chi connectivity index (χ3n) is 3.74. The van der Waals surface area contributed by atoms with E-state index in [-0.39, 0.29) is 10.8 Å². The molecule has 1 aromatic carbocycles. The molecule has 1 aromatic rings. The van der Waals surface area contributed by atoms with Crippen molar-refractivity contribution < 1.29 is 4.39 Å². The molecule has 1 fully saturated rings. The molecule has 2 N–H and O–H groups in total. The van der Waals surface area contributed by atoms with Crippen LogP contribution < -0.4 is 5.73 Å². The van der Waals surface area contributed by atoms with E-state index in [1.807, 2.05) is 6.07 Å². The predicted octanol–water partition coefficient (Wildman–Crippen LogP) is 3.47. The molecule has 4 heteroatoms. The summed E-state index contributed by atoms with van der Waals surface area (Å²) in [7, 11) is 0. The Bertz CT molecular complexity index is 483. The molecule has 110 valence electrons. The minimum atomic E-state index is -0.332. The zero-order valence-corrected chi connectivity index (χ0v) is 13.0. The molecule has 0 aromatic heterocycles. The van der Waals surface area contributed by atoms with Gasteiger partial charge in [0.25, 0.3) is 0 Å². The Morgan fingerprint density at radius 3 is 2.70 bits per heavy atom. The van der Waals surface area contributed by atoms with Gasteiger partial charge in [-0.1, -0.05) is 32.1 Å². The van der Waals surface area contributed by atoms with Crippen molar-refractivity contribution in [3.05, 3.63) is 35.1 Å². The van der Waals surface area contributed by atoms with Crippen LogP contribution in [0.15, 0.2) is 18.2 Å². The first kappa shape index (κ1) is 15.4. The fraction of sp³-hybridized carbons (Fsp3) is 0.562. The maximum Gasteiger partial charge on any atom is 0.133 e. The molecule has 0 radical (unpaired) electrons. The second-order valence-corrected chi connectivity index (χ2v) is 6.50. The van der Waals surface area contributed by atoms with Gasteiger partial charge < -0.3 is 5.73 Å². The monoisotopic (exact) mass is 294 g/mol. The highest BCUT2D eigenvalue weighted by atomic mass is 32.1. The van der Waals surface area contributed by atoms with Gasteiger partial charge in [-0.3, -0.25) is 4.90 Å². The molecule has 20 heavy (non-hydrogen) atoms. The van der Waals surface area contributed by atoms with Crippen LogP contribution in [0.3, 0.4) is 0 Å². The molecular weight excluding hydrogens is 271 g/mol. The van der Waals surface area contributed by atoms with Crippen LogP contribution in [0.4, 0.5) is 4.39 Å². The van der Waals surface area contributed by atoms with Gasteiger partial charge in [0.05, 0.1) is 0 Å². The topological polar surface area (TPSA) is 29.3 Å². The van der Waals surface area contributed by atoms with Crippen LogP contribution in [0.1, 0.15) is 44.2 Å². The second kappa shape index (κ2) is 6.64. The first-order valence-electron chi connectivity index (χ1n) is 7.29. The molecule has 0 atom stereocenters. The van der Waals surface area contributed by atoms with E-state index in [0.717, 1.165) is 18.7 Å². The van der Waals surface area contributed by atoms with Crippen LogP contribution in [-0.2, 0) is 6.54 Å². The zero-order valence-electron chi connectivity index (χ0n) is 12.2. The lowest BCUT2D eigenvalue weighted by molar-refractivity contribution is 0.239. The van der Waals surface area contributed by atoms with Crippen LogP contribution in [0.2, 0.25) is 0 Å². The van der Waals surface area contributed by atoms with Crippen LogP contribution in [-0.4, -0.2) is 22.5 Å². The number of thiocarbonyl (C=S) groups is 1.